The minimum Gasteiger partial charge on any atom is -0.292 e. The highest BCUT2D eigenvalue weighted by Gasteiger charge is 2.49. The van der Waals surface area contributed by atoms with Gasteiger partial charge >= 0.3 is 0 Å². The number of imide groups is 1. The first kappa shape index (κ1) is 30.2. The molecule has 0 aliphatic carbocycles. The van der Waals surface area contributed by atoms with Crippen LogP contribution in [0.4, 0.5) is 0 Å². The van der Waals surface area contributed by atoms with Crippen LogP contribution in [0.1, 0.15) is 47.9 Å². The summed E-state index contributed by atoms with van der Waals surface area (Å²) < 4.78 is 0. The van der Waals surface area contributed by atoms with Crippen LogP contribution in [0, 0.1) is 0 Å². The molecule has 0 fully saturated rings. The number of hydrogen-bond acceptors (Lipinski definition) is 4. The smallest absolute Gasteiger partial charge is 0.282 e. The van der Waals surface area contributed by atoms with Crippen molar-refractivity contribution in [2.75, 3.05) is 5.88 Å². The third-order valence-electron chi connectivity index (χ3n) is 5.77. The largest absolute Gasteiger partial charge is 0.292 e. The van der Waals surface area contributed by atoms with Gasteiger partial charge in [0.15, 0.2) is 5.78 Å². The number of fused-ring (bicyclic) bond motifs is 1. The topological polar surface area (TPSA) is 74.8 Å². The quantitative estimate of drug-likeness (QED) is 0.0818. The number of hydrazine groups is 1. The summed E-state index contributed by atoms with van der Waals surface area (Å²) in [6, 6.07) is 8.30. The highest BCUT2D eigenvalue weighted by Crippen LogP contribution is 2.45. The highest BCUT2D eigenvalue weighted by atomic mass is 35.5. The number of carbonyl (C=O) groups excluding carboxylic acids is 4. The van der Waals surface area contributed by atoms with E-state index in [-0.39, 0.29) is 64.7 Å². The maximum absolute atomic E-state index is 14.0. The number of ketones is 1. The van der Waals surface area contributed by atoms with Crippen molar-refractivity contribution in [3.63, 3.8) is 0 Å². The zero-order chi connectivity index (χ0) is 28.8. The van der Waals surface area contributed by atoms with E-state index in [1.165, 1.54) is 42.5 Å². The first-order chi connectivity index (χ1) is 18.4. The lowest BCUT2D eigenvalue weighted by molar-refractivity contribution is -0.00959. The van der Waals surface area contributed by atoms with E-state index in [4.69, 9.17) is 92.8 Å². The maximum atomic E-state index is 14.0. The van der Waals surface area contributed by atoms with Gasteiger partial charge in [0.25, 0.3) is 17.7 Å². The van der Waals surface area contributed by atoms with Gasteiger partial charge in [-0.15, -0.1) is 11.6 Å². The van der Waals surface area contributed by atoms with Crippen LogP contribution in [0.3, 0.4) is 0 Å². The lowest BCUT2D eigenvalue weighted by Gasteiger charge is -2.36. The first-order valence-electron chi connectivity index (χ1n) is 10.8. The van der Waals surface area contributed by atoms with Crippen LogP contribution >= 0.6 is 92.8 Å². The number of hydrogen-bond donors (Lipinski definition) is 0. The molecule has 3 aromatic carbocycles. The predicted octanol–water partition coefficient (Wildman–Crippen LogP) is 8.79. The molecule has 6 nitrogen and oxygen atoms in total. The van der Waals surface area contributed by atoms with Crippen molar-refractivity contribution in [2.24, 2.45) is 0 Å². The molecule has 14 heteroatoms. The molecule has 1 heterocycles. The van der Waals surface area contributed by atoms with Crippen LogP contribution in [0.25, 0.3) is 0 Å². The van der Waals surface area contributed by atoms with E-state index in [9.17, 15) is 19.2 Å². The SMILES string of the molecule is O=C(c1ccc(Cl)cc1)[C@@H](CCCl)N(C(=O)c1ccc(Cl)cc1Cl)N1C(=O)c2c(Cl)c(Cl)c(Cl)c(Cl)c2C1=O. The molecular weight excluding hydrogens is 676 g/mol. The molecule has 39 heavy (non-hydrogen) atoms. The van der Waals surface area contributed by atoms with Gasteiger partial charge in [-0.25, -0.2) is 5.01 Å². The molecule has 0 saturated carbocycles. The van der Waals surface area contributed by atoms with Crippen molar-refractivity contribution >= 4 is 116 Å². The second-order valence-corrected chi connectivity index (χ2v) is 11.2. The molecule has 0 saturated heterocycles. The van der Waals surface area contributed by atoms with Gasteiger partial charge in [0, 0.05) is 21.5 Å². The van der Waals surface area contributed by atoms with Gasteiger partial charge in [-0.2, -0.15) is 5.01 Å². The Labute approximate surface area is 262 Å². The maximum Gasteiger partial charge on any atom is 0.282 e. The number of alkyl halides is 1. The van der Waals surface area contributed by atoms with Crippen LogP contribution < -0.4 is 0 Å². The molecular formula is C25H12Cl8N2O4. The summed E-state index contributed by atoms with van der Waals surface area (Å²) >= 11 is 49.1. The molecule has 1 atom stereocenters. The lowest BCUT2D eigenvalue weighted by Crippen LogP contribution is -2.57. The number of Topliss-reactive ketones (excluding diaryl/α,β-unsaturated/α-hetero) is 1. The van der Waals surface area contributed by atoms with Gasteiger partial charge < -0.3 is 0 Å². The molecule has 0 unspecified atom stereocenters. The van der Waals surface area contributed by atoms with Crippen molar-refractivity contribution in [3.8, 4) is 0 Å². The normalized spacial score (nSPS) is 13.5. The molecule has 0 aromatic heterocycles. The van der Waals surface area contributed by atoms with E-state index in [1.807, 2.05) is 0 Å². The minimum absolute atomic E-state index is 0.0974. The van der Waals surface area contributed by atoms with Crippen molar-refractivity contribution < 1.29 is 19.2 Å². The fraction of sp³-hybridized carbons (Fsp3) is 0.120. The third kappa shape index (κ3) is 5.46. The van der Waals surface area contributed by atoms with Gasteiger partial charge in [0.1, 0.15) is 6.04 Å². The number of benzene rings is 3. The van der Waals surface area contributed by atoms with Crippen LogP contribution in [-0.4, -0.2) is 45.4 Å². The summed E-state index contributed by atoms with van der Waals surface area (Å²) in [6.45, 7) is 0. The Morgan fingerprint density at radius 1 is 0.744 bits per heavy atom. The van der Waals surface area contributed by atoms with Gasteiger partial charge in [0.2, 0.25) is 0 Å². The minimum atomic E-state index is -1.46. The molecule has 0 bridgehead atoms. The standard InChI is InChI=1S/C25H12Cl8N2O4/c26-8-7-15(22(36)10-1-3-11(27)4-2-10)34(23(37)13-6-5-12(28)9-14(13)29)35-24(38)16-17(25(35)39)19(31)21(33)20(32)18(16)30/h1-6,9,15H,7-8H2/t15-/m1/s1. The Morgan fingerprint density at radius 2 is 1.26 bits per heavy atom. The first-order valence-corrected chi connectivity index (χ1v) is 14.0. The van der Waals surface area contributed by atoms with Gasteiger partial charge in [-0.05, 0) is 48.9 Å². The van der Waals surface area contributed by atoms with Crippen LogP contribution in [-0.2, 0) is 0 Å². The molecule has 202 valence electrons. The second kappa shape index (κ2) is 12.0. The van der Waals surface area contributed by atoms with Crippen molar-refractivity contribution in [2.45, 2.75) is 12.5 Å². The molecule has 1 aliphatic rings. The average molecular weight is 688 g/mol. The van der Waals surface area contributed by atoms with Gasteiger partial charge in [0.05, 0.1) is 41.8 Å². The molecule has 3 amide bonds. The number of amides is 3. The summed E-state index contributed by atoms with van der Waals surface area (Å²) in [5, 5.41) is 0.409. The Morgan fingerprint density at radius 3 is 1.74 bits per heavy atom. The van der Waals surface area contributed by atoms with E-state index in [0.717, 1.165) is 0 Å². The van der Waals surface area contributed by atoms with Crippen molar-refractivity contribution in [1.29, 1.82) is 0 Å². The van der Waals surface area contributed by atoms with E-state index in [2.05, 4.69) is 0 Å². The fourth-order valence-corrected chi connectivity index (χ4v) is 5.80. The Balaban J connectivity index is 1.94. The van der Waals surface area contributed by atoms with E-state index < -0.39 is 29.5 Å². The summed E-state index contributed by atoms with van der Waals surface area (Å²) in [4.78, 5) is 55.2. The van der Waals surface area contributed by atoms with E-state index in [1.54, 1.807) is 0 Å². The second-order valence-electron chi connectivity index (χ2n) is 8.07. The zero-order valence-corrected chi connectivity index (χ0v) is 25.1. The van der Waals surface area contributed by atoms with E-state index in [0.29, 0.717) is 15.0 Å². The lowest BCUT2D eigenvalue weighted by atomic mass is 10.0. The van der Waals surface area contributed by atoms with Crippen LogP contribution in [0.2, 0.25) is 35.2 Å². The average Bonchev–Trinajstić information content (AvgIpc) is 3.15. The summed E-state index contributed by atoms with van der Waals surface area (Å²) in [5.41, 5.74) is -0.795. The number of carbonyl (C=O) groups is 4. The Kier molecular flexibility index (Phi) is 9.31. The predicted molar refractivity (Wildman–Crippen MR) is 155 cm³/mol. The van der Waals surface area contributed by atoms with Gasteiger partial charge in [-0.1, -0.05) is 81.2 Å². The molecule has 0 N–H and O–H groups in total. The Hall–Kier alpha value is -1.74. The van der Waals surface area contributed by atoms with Crippen molar-refractivity contribution in [3.05, 3.63) is 99.9 Å². The zero-order valence-electron chi connectivity index (χ0n) is 19.1. The molecule has 1 aliphatic heterocycles. The van der Waals surface area contributed by atoms with Crippen LogP contribution in [0.15, 0.2) is 42.5 Å². The van der Waals surface area contributed by atoms with Crippen molar-refractivity contribution in [1.82, 2.24) is 10.0 Å². The summed E-state index contributed by atoms with van der Waals surface area (Å²) in [5.74, 6) is -3.89. The molecule has 0 spiro atoms. The number of rotatable bonds is 7. The summed E-state index contributed by atoms with van der Waals surface area (Å²) in [6.07, 6.45) is -0.170. The molecule has 4 rings (SSSR count). The molecule has 0 radical (unpaired) electrons. The van der Waals surface area contributed by atoms with Gasteiger partial charge in [-0.3, -0.25) is 19.2 Å². The number of nitrogens with zero attached hydrogens (tertiary/aromatic N) is 2. The molecule has 3 aromatic rings. The third-order valence-corrected chi connectivity index (χ3v) is 8.59. The highest BCUT2D eigenvalue weighted by molar-refractivity contribution is 6.55. The number of halogens is 8. The summed E-state index contributed by atoms with van der Waals surface area (Å²) in [7, 11) is 0. The monoisotopic (exact) mass is 684 g/mol. The van der Waals surface area contributed by atoms with E-state index >= 15 is 0 Å². The fourth-order valence-electron chi connectivity index (χ4n) is 3.97. The van der Waals surface area contributed by atoms with Crippen LogP contribution in [0.5, 0.6) is 0 Å². The Bertz CT molecular complexity index is 1500.